The molecule has 0 radical (unpaired) electrons. The number of halogens is 1. The van der Waals surface area contributed by atoms with E-state index in [1.807, 2.05) is 18.2 Å². The Kier molecular flexibility index (Phi) is 4.41. The molecule has 1 aromatic carbocycles. The number of likely N-dealkylation sites (tertiary alicyclic amines) is 1. The number of piperidine rings is 1. The molecule has 6 heteroatoms. The fourth-order valence-electron chi connectivity index (χ4n) is 3.01. The number of nitrogens with one attached hydrogen (secondary N) is 2. The van der Waals surface area contributed by atoms with Gasteiger partial charge in [-0.1, -0.05) is 30.2 Å². The predicted octanol–water partition coefficient (Wildman–Crippen LogP) is 2.35. The van der Waals surface area contributed by atoms with E-state index in [0.717, 1.165) is 18.0 Å². The molecule has 1 aromatic heterocycles. The van der Waals surface area contributed by atoms with Gasteiger partial charge in [-0.2, -0.15) is 5.10 Å². The number of H-pyrrole nitrogens is 2. The van der Waals surface area contributed by atoms with Crippen molar-refractivity contribution in [3.8, 4) is 0 Å². The molecule has 2 aromatic rings. The van der Waals surface area contributed by atoms with Crippen molar-refractivity contribution in [2.24, 2.45) is 0 Å². The molecule has 0 saturated carbocycles. The average molecular weight is 307 g/mol. The minimum Gasteiger partial charge on any atom is -0.293 e. The number of hydrogen-bond donors (Lipinski definition) is 2. The summed E-state index contributed by atoms with van der Waals surface area (Å²) in [5, 5.41) is 7.22. The summed E-state index contributed by atoms with van der Waals surface area (Å²) in [7, 11) is 0. The fourth-order valence-corrected chi connectivity index (χ4v) is 3.22. The molecular weight excluding hydrogens is 288 g/mol. The smallest absolute Gasteiger partial charge is 0.293 e. The topological polar surface area (TPSA) is 64.8 Å². The summed E-state index contributed by atoms with van der Waals surface area (Å²) in [5.41, 5.74) is 1.02. The highest BCUT2D eigenvalue weighted by Gasteiger charge is 2.23. The van der Waals surface area contributed by atoms with Crippen molar-refractivity contribution in [2.75, 3.05) is 6.54 Å². The fraction of sp³-hybridized carbons (Fsp3) is 0.467. The lowest BCUT2D eigenvalue weighted by molar-refractivity contribution is 0.136. The van der Waals surface area contributed by atoms with Gasteiger partial charge in [-0.15, -0.1) is 0 Å². The van der Waals surface area contributed by atoms with Gasteiger partial charge in [-0.05, 0) is 43.5 Å². The molecule has 1 atom stereocenters. The number of nitrogens with zero attached hydrogens (tertiary/aromatic N) is 2. The van der Waals surface area contributed by atoms with Crippen LogP contribution in [0, 0.1) is 0 Å². The average Bonchev–Trinajstić information content (AvgIpc) is 2.86. The molecule has 2 heterocycles. The second-order valence-electron chi connectivity index (χ2n) is 5.58. The van der Waals surface area contributed by atoms with Crippen LogP contribution in [0.4, 0.5) is 0 Å². The van der Waals surface area contributed by atoms with Gasteiger partial charge in [-0.3, -0.25) is 9.88 Å². The van der Waals surface area contributed by atoms with Crippen LogP contribution in [0.2, 0.25) is 5.02 Å². The Labute approximate surface area is 128 Å². The third kappa shape index (κ3) is 3.74. The number of benzene rings is 1. The van der Waals surface area contributed by atoms with E-state index in [-0.39, 0.29) is 5.69 Å². The highest BCUT2D eigenvalue weighted by Crippen LogP contribution is 2.23. The molecule has 0 unspecified atom stereocenters. The van der Waals surface area contributed by atoms with Crippen molar-refractivity contribution >= 4 is 11.6 Å². The minimum absolute atomic E-state index is 0.242. The van der Waals surface area contributed by atoms with Crippen molar-refractivity contribution in [2.45, 2.75) is 38.3 Å². The van der Waals surface area contributed by atoms with Crippen LogP contribution in [-0.4, -0.2) is 32.7 Å². The molecule has 0 amide bonds. The molecule has 0 spiro atoms. The van der Waals surface area contributed by atoms with Crippen LogP contribution in [0.1, 0.15) is 30.7 Å². The molecule has 3 rings (SSSR count). The zero-order chi connectivity index (χ0) is 14.7. The van der Waals surface area contributed by atoms with Gasteiger partial charge < -0.3 is 0 Å². The summed E-state index contributed by atoms with van der Waals surface area (Å²) in [6.07, 6.45) is 4.59. The van der Waals surface area contributed by atoms with Gasteiger partial charge in [-0.25, -0.2) is 9.89 Å². The van der Waals surface area contributed by atoms with Crippen LogP contribution >= 0.6 is 11.6 Å². The molecule has 112 valence electrons. The number of hydrogen-bond acceptors (Lipinski definition) is 3. The Balaban J connectivity index is 1.70. The summed E-state index contributed by atoms with van der Waals surface area (Å²) in [5.74, 6) is 0.706. The van der Waals surface area contributed by atoms with Gasteiger partial charge in [0.2, 0.25) is 0 Å². The molecule has 2 N–H and O–H groups in total. The van der Waals surface area contributed by atoms with Gasteiger partial charge in [0.15, 0.2) is 0 Å². The van der Waals surface area contributed by atoms with Crippen LogP contribution in [0.25, 0.3) is 0 Å². The first-order valence-corrected chi connectivity index (χ1v) is 7.70. The van der Waals surface area contributed by atoms with Crippen LogP contribution in [0.15, 0.2) is 29.1 Å². The van der Waals surface area contributed by atoms with E-state index in [0.29, 0.717) is 18.4 Å². The first-order valence-electron chi connectivity index (χ1n) is 7.33. The standard InChI is InChI=1S/C15H19ClN4O/c16-12-5-3-4-11(8-12)9-13-6-1-2-7-20(13)10-14-17-15(21)19-18-14/h3-5,8,13H,1-2,6-7,9-10H2,(H2,17,18,19,21)/t13-/m0/s1. The molecule has 5 nitrogen and oxygen atoms in total. The van der Waals surface area contributed by atoms with Crippen molar-refractivity contribution in [3.05, 3.63) is 51.2 Å². The SMILES string of the molecule is O=c1[nH]nc(CN2CCCC[C@H]2Cc2cccc(Cl)c2)[nH]1. The summed E-state index contributed by atoms with van der Waals surface area (Å²) in [6.45, 7) is 1.73. The van der Waals surface area contributed by atoms with Crippen molar-refractivity contribution < 1.29 is 0 Å². The number of aromatic amines is 2. The number of rotatable bonds is 4. The van der Waals surface area contributed by atoms with E-state index in [2.05, 4.69) is 26.1 Å². The third-order valence-corrected chi connectivity index (χ3v) is 4.25. The highest BCUT2D eigenvalue weighted by molar-refractivity contribution is 6.30. The van der Waals surface area contributed by atoms with E-state index in [9.17, 15) is 4.79 Å². The summed E-state index contributed by atoms with van der Waals surface area (Å²) in [6, 6.07) is 8.52. The number of aromatic nitrogens is 3. The molecule has 1 aliphatic heterocycles. The monoisotopic (exact) mass is 306 g/mol. The Morgan fingerprint density at radius 2 is 2.29 bits per heavy atom. The van der Waals surface area contributed by atoms with Gasteiger partial charge in [0.1, 0.15) is 5.82 Å². The van der Waals surface area contributed by atoms with E-state index < -0.39 is 0 Å². The Hall–Kier alpha value is -1.59. The molecule has 1 fully saturated rings. The largest absolute Gasteiger partial charge is 0.340 e. The molecule has 1 aliphatic rings. The molecule has 1 saturated heterocycles. The lowest BCUT2D eigenvalue weighted by Crippen LogP contribution is -2.40. The highest BCUT2D eigenvalue weighted by atomic mass is 35.5. The van der Waals surface area contributed by atoms with Crippen molar-refractivity contribution in [1.29, 1.82) is 0 Å². The van der Waals surface area contributed by atoms with Gasteiger partial charge in [0, 0.05) is 11.1 Å². The van der Waals surface area contributed by atoms with E-state index in [1.165, 1.54) is 24.8 Å². The van der Waals surface area contributed by atoms with Crippen LogP contribution in [0.5, 0.6) is 0 Å². The maximum absolute atomic E-state index is 11.1. The second kappa shape index (κ2) is 6.45. The zero-order valence-corrected chi connectivity index (χ0v) is 12.6. The minimum atomic E-state index is -0.242. The van der Waals surface area contributed by atoms with Crippen LogP contribution < -0.4 is 5.69 Å². The van der Waals surface area contributed by atoms with Gasteiger partial charge in [0.05, 0.1) is 6.54 Å². The Bertz CT molecular complexity index is 651. The van der Waals surface area contributed by atoms with Gasteiger partial charge in [0.25, 0.3) is 0 Å². The maximum atomic E-state index is 11.1. The Morgan fingerprint density at radius 3 is 3.05 bits per heavy atom. The van der Waals surface area contributed by atoms with Crippen molar-refractivity contribution in [3.63, 3.8) is 0 Å². The lowest BCUT2D eigenvalue weighted by atomic mass is 9.95. The summed E-state index contributed by atoms with van der Waals surface area (Å²) in [4.78, 5) is 16.3. The summed E-state index contributed by atoms with van der Waals surface area (Å²) >= 11 is 6.06. The quantitative estimate of drug-likeness (QED) is 0.911. The third-order valence-electron chi connectivity index (χ3n) is 4.01. The van der Waals surface area contributed by atoms with Crippen LogP contribution in [-0.2, 0) is 13.0 Å². The normalized spacial score (nSPS) is 19.8. The van der Waals surface area contributed by atoms with E-state index in [4.69, 9.17) is 11.6 Å². The first-order chi connectivity index (χ1) is 10.2. The first kappa shape index (κ1) is 14.4. The van der Waals surface area contributed by atoms with Crippen molar-refractivity contribution in [1.82, 2.24) is 20.1 Å². The van der Waals surface area contributed by atoms with E-state index in [1.54, 1.807) is 0 Å². The van der Waals surface area contributed by atoms with E-state index >= 15 is 0 Å². The summed E-state index contributed by atoms with van der Waals surface area (Å²) < 4.78 is 0. The van der Waals surface area contributed by atoms with Crippen LogP contribution in [0.3, 0.4) is 0 Å². The molecule has 21 heavy (non-hydrogen) atoms. The maximum Gasteiger partial charge on any atom is 0.340 e. The Morgan fingerprint density at radius 1 is 1.38 bits per heavy atom. The van der Waals surface area contributed by atoms with Gasteiger partial charge >= 0.3 is 5.69 Å². The molecular formula is C15H19ClN4O. The lowest BCUT2D eigenvalue weighted by Gasteiger charge is -2.35. The predicted molar refractivity (Wildman–Crippen MR) is 82.4 cm³/mol. The molecule has 0 aliphatic carbocycles. The second-order valence-corrected chi connectivity index (χ2v) is 6.01. The zero-order valence-electron chi connectivity index (χ0n) is 11.8. The molecule has 0 bridgehead atoms.